The molecule has 0 bridgehead atoms. The van der Waals surface area contributed by atoms with Gasteiger partial charge in [0.1, 0.15) is 17.2 Å². The maximum absolute atomic E-state index is 14.8. The summed E-state index contributed by atoms with van der Waals surface area (Å²) in [5, 5.41) is 12.0. The second-order valence-corrected chi connectivity index (χ2v) is 8.95. The van der Waals surface area contributed by atoms with Crippen molar-refractivity contribution in [1.29, 1.82) is 5.26 Å². The average Bonchev–Trinajstić information content (AvgIpc) is 3.41. The highest BCUT2D eigenvalue weighted by molar-refractivity contribution is 6.23. The Morgan fingerprint density at radius 1 is 1.22 bits per heavy atom. The summed E-state index contributed by atoms with van der Waals surface area (Å²) >= 11 is 0. The molecular formula is C23H20FN5O3. The number of fused-ring (bicyclic) bond motifs is 1. The van der Waals surface area contributed by atoms with Gasteiger partial charge in [-0.15, -0.1) is 0 Å². The van der Waals surface area contributed by atoms with Gasteiger partial charge in [-0.25, -0.2) is 19.1 Å². The van der Waals surface area contributed by atoms with Crippen LogP contribution in [0.15, 0.2) is 30.5 Å². The number of hydrogen-bond donors (Lipinski definition) is 1. The largest absolute Gasteiger partial charge is 0.332 e. The van der Waals surface area contributed by atoms with E-state index in [2.05, 4.69) is 16.4 Å². The molecule has 3 aliphatic rings. The zero-order valence-electron chi connectivity index (χ0n) is 17.6. The number of imide groups is 1. The van der Waals surface area contributed by atoms with Gasteiger partial charge in [0.15, 0.2) is 0 Å². The summed E-state index contributed by atoms with van der Waals surface area (Å²) in [6, 6.07) is 7.46. The number of hydrogen-bond acceptors (Lipinski definition) is 5. The van der Waals surface area contributed by atoms with E-state index in [1.807, 2.05) is 0 Å². The molecule has 8 nitrogen and oxygen atoms in total. The van der Waals surface area contributed by atoms with Gasteiger partial charge in [-0.3, -0.25) is 9.59 Å². The van der Waals surface area contributed by atoms with Crippen LogP contribution in [0.1, 0.15) is 43.4 Å². The van der Waals surface area contributed by atoms with Crippen LogP contribution in [0.2, 0.25) is 0 Å². The Kier molecular flexibility index (Phi) is 4.15. The summed E-state index contributed by atoms with van der Waals surface area (Å²) in [6.07, 6.45) is 2.89. The van der Waals surface area contributed by atoms with Gasteiger partial charge in [-0.1, -0.05) is 6.07 Å². The molecular weight excluding hydrogens is 413 g/mol. The second-order valence-electron chi connectivity index (χ2n) is 8.95. The highest BCUT2D eigenvalue weighted by atomic mass is 19.1. The fraction of sp³-hybridized carbons (Fsp3) is 0.348. The first-order valence-corrected chi connectivity index (χ1v) is 10.3. The minimum Gasteiger partial charge on any atom is -0.310 e. The number of benzene rings is 1. The topological polar surface area (TPSA) is 106 Å². The number of carbonyl (C=O) groups is 3. The number of anilines is 2. The van der Waals surface area contributed by atoms with Crippen LogP contribution >= 0.6 is 0 Å². The van der Waals surface area contributed by atoms with Crippen LogP contribution in [0.5, 0.6) is 0 Å². The minimum absolute atomic E-state index is 0.103. The Morgan fingerprint density at radius 3 is 2.62 bits per heavy atom. The number of halogens is 1. The molecule has 1 aliphatic carbocycles. The molecule has 1 saturated heterocycles. The van der Waals surface area contributed by atoms with E-state index in [-0.39, 0.29) is 24.6 Å². The Morgan fingerprint density at radius 2 is 1.97 bits per heavy atom. The smallest absolute Gasteiger partial charge is 0.310 e. The van der Waals surface area contributed by atoms with Crippen molar-refractivity contribution in [1.82, 2.24) is 9.88 Å². The molecule has 162 valence electrons. The zero-order valence-corrected chi connectivity index (χ0v) is 17.6. The van der Waals surface area contributed by atoms with Crippen LogP contribution in [0.3, 0.4) is 0 Å². The monoisotopic (exact) mass is 433 g/mol. The summed E-state index contributed by atoms with van der Waals surface area (Å²) < 4.78 is 14.8. The number of nitrogens with one attached hydrogen (secondary N) is 1. The van der Waals surface area contributed by atoms with Crippen LogP contribution in [0.25, 0.3) is 0 Å². The van der Waals surface area contributed by atoms with Gasteiger partial charge in [-0.05, 0) is 50.5 Å². The Balaban J connectivity index is 1.47. The predicted octanol–water partition coefficient (Wildman–Crippen LogP) is 3.02. The Hall–Kier alpha value is -3.80. The van der Waals surface area contributed by atoms with Crippen LogP contribution in [-0.2, 0) is 28.0 Å². The lowest BCUT2D eigenvalue weighted by atomic mass is 9.96. The predicted molar refractivity (Wildman–Crippen MR) is 112 cm³/mol. The van der Waals surface area contributed by atoms with E-state index in [1.54, 1.807) is 26.1 Å². The Bertz CT molecular complexity index is 1240. The summed E-state index contributed by atoms with van der Waals surface area (Å²) in [5.74, 6) is -0.791. The molecule has 4 amide bonds. The molecule has 3 heterocycles. The first-order chi connectivity index (χ1) is 15.2. The van der Waals surface area contributed by atoms with Crippen LogP contribution < -0.4 is 10.2 Å². The highest BCUT2D eigenvalue weighted by Crippen LogP contribution is 2.49. The Labute approximate surface area is 183 Å². The van der Waals surface area contributed by atoms with Gasteiger partial charge in [0.2, 0.25) is 5.91 Å². The molecule has 0 atom stereocenters. The summed E-state index contributed by atoms with van der Waals surface area (Å²) in [7, 11) is 0. The van der Waals surface area contributed by atoms with E-state index < -0.39 is 28.7 Å². The quantitative estimate of drug-likeness (QED) is 0.746. The van der Waals surface area contributed by atoms with E-state index in [1.165, 1.54) is 17.0 Å². The zero-order chi connectivity index (χ0) is 22.8. The number of nitriles is 1. The van der Waals surface area contributed by atoms with Crippen LogP contribution in [0.4, 0.5) is 20.7 Å². The average molecular weight is 433 g/mol. The van der Waals surface area contributed by atoms with Crippen molar-refractivity contribution in [2.45, 2.75) is 50.6 Å². The molecule has 0 spiro atoms. The standard InChI is InChI=1S/C23H20FN5O3/c1-22(2)20(31)29(14-3-4-16(17(24)9-14)23(12-25)6-7-23)21(32)28(22)11-13-5-8-26-19-15(13)10-18(30)27-19/h3-5,8-9H,6-7,10-11H2,1-2H3,(H,26,27,30). The number of pyridine rings is 1. The van der Waals surface area contributed by atoms with Crippen LogP contribution in [0, 0.1) is 17.1 Å². The molecule has 1 N–H and O–H groups in total. The van der Waals surface area contributed by atoms with E-state index in [4.69, 9.17) is 0 Å². The fourth-order valence-electron chi connectivity index (χ4n) is 4.42. The number of aromatic nitrogens is 1. The maximum atomic E-state index is 14.8. The lowest BCUT2D eigenvalue weighted by molar-refractivity contribution is -0.123. The lowest BCUT2D eigenvalue weighted by Crippen LogP contribution is -2.43. The van der Waals surface area contributed by atoms with Gasteiger partial charge in [0.25, 0.3) is 5.91 Å². The third-order valence-corrected chi connectivity index (χ3v) is 6.59. The SMILES string of the molecule is CC1(C)C(=O)N(c2ccc(C3(C#N)CC3)c(F)c2)C(=O)N1Cc1ccnc2c1CC(=O)N2. The number of amides is 4. The van der Waals surface area contributed by atoms with E-state index in [0.29, 0.717) is 29.8 Å². The van der Waals surface area contributed by atoms with Crippen molar-refractivity contribution in [3.05, 3.63) is 53.0 Å². The highest BCUT2D eigenvalue weighted by Gasteiger charge is 2.52. The van der Waals surface area contributed by atoms with Crippen molar-refractivity contribution in [2.75, 3.05) is 10.2 Å². The number of urea groups is 1. The molecule has 5 rings (SSSR count). The first-order valence-electron chi connectivity index (χ1n) is 10.3. The minimum atomic E-state index is -1.18. The number of nitrogens with zero attached hydrogens (tertiary/aromatic N) is 4. The molecule has 0 unspecified atom stereocenters. The van der Waals surface area contributed by atoms with E-state index in [9.17, 15) is 24.0 Å². The van der Waals surface area contributed by atoms with Crippen LogP contribution in [-0.4, -0.2) is 33.3 Å². The molecule has 32 heavy (non-hydrogen) atoms. The van der Waals surface area contributed by atoms with Gasteiger partial charge >= 0.3 is 6.03 Å². The van der Waals surface area contributed by atoms with Gasteiger partial charge in [0.05, 0.1) is 23.6 Å². The molecule has 2 fully saturated rings. The third kappa shape index (κ3) is 2.79. The molecule has 2 aliphatic heterocycles. The number of carbonyl (C=O) groups excluding carboxylic acids is 3. The molecule has 1 saturated carbocycles. The molecule has 9 heteroatoms. The van der Waals surface area contributed by atoms with Crippen molar-refractivity contribution in [2.24, 2.45) is 0 Å². The lowest BCUT2D eigenvalue weighted by Gasteiger charge is -2.28. The van der Waals surface area contributed by atoms with Gasteiger partial charge in [-0.2, -0.15) is 5.26 Å². The summed E-state index contributed by atoms with van der Waals surface area (Å²) in [4.78, 5) is 44.8. The summed E-state index contributed by atoms with van der Waals surface area (Å²) in [6.45, 7) is 3.38. The van der Waals surface area contributed by atoms with Crippen molar-refractivity contribution >= 4 is 29.4 Å². The molecule has 0 radical (unpaired) electrons. The third-order valence-electron chi connectivity index (χ3n) is 6.59. The van der Waals surface area contributed by atoms with Crippen molar-refractivity contribution in [3.8, 4) is 6.07 Å². The molecule has 2 aromatic rings. The second kappa shape index (κ2) is 6.60. The normalized spacial score (nSPS) is 20.2. The number of rotatable bonds is 4. The van der Waals surface area contributed by atoms with Gasteiger partial charge in [0, 0.05) is 23.9 Å². The van der Waals surface area contributed by atoms with Crippen molar-refractivity contribution < 1.29 is 18.8 Å². The molecule has 1 aromatic carbocycles. The first kappa shape index (κ1) is 20.1. The van der Waals surface area contributed by atoms with Crippen molar-refractivity contribution in [3.63, 3.8) is 0 Å². The summed E-state index contributed by atoms with van der Waals surface area (Å²) in [5.41, 5.74) is -0.140. The fourth-order valence-corrected chi connectivity index (χ4v) is 4.42. The van der Waals surface area contributed by atoms with Gasteiger partial charge < -0.3 is 10.2 Å². The molecule has 1 aromatic heterocycles. The maximum Gasteiger partial charge on any atom is 0.332 e. The van der Waals surface area contributed by atoms with E-state index in [0.717, 1.165) is 16.5 Å². The van der Waals surface area contributed by atoms with E-state index >= 15 is 0 Å².